The van der Waals surface area contributed by atoms with Crippen LogP contribution in [0.3, 0.4) is 0 Å². The van der Waals surface area contributed by atoms with E-state index in [1.807, 2.05) is 13.0 Å². The zero-order chi connectivity index (χ0) is 13.1. The van der Waals surface area contributed by atoms with Gasteiger partial charge in [0.2, 0.25) is 0 Å². The lowest BCUT2D eigenvalue weighted by molar-refractivity contribution is 0.00354. The normalized spacial score (nSPS) is 19.9. The first-order valence-corrected chi connectivity index (χ1v) is 5.93. The Morgan fingerprint density at radius 1 is 1.56 bits per heavy atom. The van der Waals surface area contributed by atoms with Crippen molar-refractivity contribution in [3.05, 3.63) is 29.3 Å². The quantitative estimate of drug-likeness (QED) is 0.835. The summed E-state index contributed by atoms with van der Waals surface area (Å²) < 4.78 is 5.39. The second-order valence-electron chi connectivity index (χ2n) is 4.43. The number of aliphatic hydroxyl groups excluding tert-OH is 1. The molecule has 1 fully saturated rings. The Bertz CT molecular complexity index is 447. The smallest absolute Gasteiger partial charge is 0.335 e. The van der Waals surface area contributed by atoms with Crippen molar-refractivity contribution in [1.29, 1.82) is 0 Å². The third kappa shape index (κ3) is 2.63. The predicted octanol–water partition coefficient (Wildman–Crippen LogP) is 0.891. The summed E-state index contributed by atoms with van der Waals surface area (Å²) in [7, 11) is 0. The van der Waals surface area contributed by atoms with Gasteiger partial charge in [0, 0.05) is 18.8 Å². The van der Waals surface area contributed by atoms with Crippen LogP contribution in [0.15, 0.2) is 18.2 Å². The van der Waals surface area contributed by atoms with Gasteiger partial charge in [-0.25, -0.2) is 4.79 Å². The fourth-order valence-corrected chi connectivity index (χ4v) is 2.19. The van der Waals surface area contributed by atoms with Gasteiger partial charge in [0.05, 0.1) is 24.9 Å². The summed E-state index contributed by atoms with van der Waals surface area (Å²) in [6, 6.07) is 5.09. The van der Waals surface area contributed by atoms with Crippen LogP contribution in [0.25, 0.3) is 0 Å². The summed E-state index contributed by atoms with van der Waals surface area (Å²) >= 11 is 0. The van der Waals surface area contributed by atoms with Gasteiger partial charge in [-0.15, -0.1) is 0 Å². The number of aryl methyl sites for hydroxylation is 1. The molecule has 1 aromatic rings. The van der Waals surface area contributed by atoms with Crippen molar-refractivity contribution in [2.75, 3.05) is 31.2 Å². The Hall–Kier alpha value is -1.59. The molecule has 5 heteroatoms. The van der Waals surface area contributed by atoms with Gasteiger partial charge in [-0.1, -0.05) is 0 Å². The number of benzene rings is 1. The number of hydrogen-bond acceptors (Lipinski definition) is 4. The van der Waals surface area contributed by atoms with E-state index in [-0.39, 0.29) is 12.7 Å². The average Bonchev–Trinajstić information content (AvgIpc) is 2.38. The minimum Gasteiger partial charge on any atom is -0.478 e. The number of ether oxygens (including phenoxy) is 1. The lowest BCUT2D eigenvalue weighted by Crippen LogP contribution is -2.44. The molecule has 0 radical (unpaired) electrons. The van der Waals surface area contributed by atoms with Crippen LogP contribution in [-0.2, 0) is 4.74 Å². The van der Waals surface area contributed by atoms with Gasteiger partial charge in [0.15, 0.2) is 0 Å². The molecule has 1 saturated heterocycles. The largest absolute Gasteiger partial charge is 0.478 e. The summed E-state index contributed by atoms with van der Waals surface area (Å²) in [5.74, 6) is -0.917. The monoisotopic (exact) mass is 251 g/mol. The van der Waals surface area contributed by atoms with Gasteiger partial charge in [0.1, 0.15) is 0 Å². The molecule has 1 unspecified atom stereocenters. The lowest BCUT2D eigenvalue weighted by atomic mass is 10.1. The van der Waals surface area contributed by atoms with E-state index in [0.29, 0.717) is 18.7 Å². The van der Waals surface area contributed by atoms with E-state index in [2.05, 4.69) is 4.90 Å². The highest BCUT2D eigenvalue weighted by Crippen LogP contribution is 2.23. The van der Waals surface area contributed by atoms with Crippen molar-refractivity contribution < 1.29 is 19.7 Å². The van der Waals surface area contributed by atoms with Gasteiger partial charge in [-0.2, -0.15) is 0 Å². The van der Waals surface area contributed by atoms with Gasteiger partial charge in [-0.05, 0) is 30.7 Å². The van der Waals surface area contributed by atoms with Crippen LogP contribution in [0.1, 0.15) is 15.9 Å². The van der Waals surface area contributed by atoms with E-state index in [9.17, 15) is 4.79 Å². The van der Waals surface area contributed by atoms with Gasteiger partial charge in [-0.3, -0.25) is 0 Å². The number of carboxylic acids is 1. The molecule has 1 aliphatic rings. The molecule has 2 N–H and O–H groups in total. The van der Waals surface area contributed by atoms with E-state index in [1.54, 1.807) is 12.1 Å². The Morgan fingerprint density at radius 2 is 2.33 bits per heavy atom. The van der Waals surface area contributed by atoms with Crippen LogP contribution >= 0.6 is 0 Å². The molecule has 0 bridgehead atoms. The maximum atomic E-state index is 10.9. The van der Waals surface area contributed by atoms with E-state index in [4.69, 9.17) is 14.9 Å². The summed E-state index contributed by atoms with van der Waals surface area (Å²) in [5.41, 5.74) is 2.22. The third-order valence-electron chi connectivity index (χ3n) is 3.13. The molecule has 1 heterocycles. The standard InChI is InChI=1S/C13H17NO4/c1-9-6-10(13(16)17)2-3-12(9)14-4-5-18-11(7-14)8-15/h2-3,6,11,15H,4-5,7-8H2,1H3,(H,16,17). The van der Waals surface area contributed by atoms with Crippen molar-refractivity contribution in [2.45, 2.75) is 13.0 Å². The van der Waals surface area contributed by atoms with Crippen LogP contribution in [0, 0.1) is 6.92 Å². The highest BCUT2D eigenvalue weighted by atomic mass is 16.5. The van der Waals surface area contributed by atoms with Gasteiger partial charge < -0.3 is 19.8 Å². The highest BCUT2D eigenvalue weighted by molar-refractivity contribution is 5.88. The van der Waals surface area contributed by atoms with Gasteiger partial charge >= 0.3 is 5.97 Å². The molecule has 0 aliphatic carbocycles. The van der Waals surface area contributed by atoms with Crippen molar-refractivity contribution in [1.82, 2.24) is 0 Å². The first-order valence-electron chi connectivity index (χ1n) is 5.93. The number of carboxylic acid groups (broad SMARTS) is 1. The maximum Gasteiger partial charge on any atom is 0.335 e. The second kappa shape index (κ2) is 5.37. The number of carbonyl (C=O) groups is 1. The van der Waals surface area contributed by atoms with E-state index in [1.165, 1.54) is 0 Å². The molecule has 0 aromatic heterocycles. The fraction of sp³-hybridized carbons (Fsp3) is 0.462. The maximum absolute atomic E-state index is 10.9. The Labute approximate surface area is 106 Å². The number of hydrogen-bond donors (Lipinski definition) is 2. The minimum absolute atomic E-state index is 0.00274. The third-order valence-corrected chi connectivity index (χ3v) is 3.13. The molecule has 0 saturated carbocycles. The summed E-state index contributed by atoms with van der Waals surface area (Å²) in [4.78, 5) is 13.0. The molecule has 98 valence electrons. The zero-order valence-electron chi connectivity index (χ0n) is 10.3. The number of aromatic carboxylic acids is 1. The van der Waals surface area contributed by atoms with E-state index >= 15 is 0 Å². The molecular formula is C13H17NO4. The van der Waals surface area contributed by atoms with Crippen LogP contribution in [0.2, 0.25) is 0 Å². The lowest BCUT2D eigenvalue weighted by Gasteiger charge is -2.34. The first-order chi connectivity index (χ1) is 8.61. The van der Waals surface area contributed by atoms with Crippen LogP contribution in [0.5, 0.6) is 0 Å². The van der Waals surface area contributed by atoms with E-state index < -0.39 is 5.97 Å². The van der Waals surface area contributed by atoms with Crippen molar-refractivity contribution >= 4 is 11.7 Å². The van der Waals surface area contributed by atoms with Crippen molar-refractivity contribution in [3.8, 4) is 0 Å². The zero-order valence-corrected chi connectivity index (χ0v) is 10.3. The predicted molar refractivity (Wildman–Crippen MR) is 67.2 cm³/mol. The topological polar surface area (TPSA) is 70.0 Å². The Morgan fingerprint density at radius 3 is 2.94 bits per heavy atom. The number of morpholine rings is 1. The number of rotatable bonds is 3. The molecule has 18 heavy (non-hydrogen) atoms. The van der Waals surface area contributed by atoms with Crippen molar-refractivity contribution in [3.63, 3.8) is 0 Å². The SMILES string of the molecule is Cc1cc(C(=O)O)ccc1N1CCOC(CO)C1. The van der Waals surface area contributed by atoms with Crippen LogP contribution in [-0.4, -0.2) is 48.6 Å². The number of anilines is 1. The molecule has 2 rings (SSSR count). The van der Waals surface area contributed by atoms with Gasteiger partial charge in [0.25, 0.3) is 0 Å². The van der Waals surface area contributed by atoms with Crippen LogP contribution < -0.4 is 4.90 Å². The Kier molecular flexibility index (Phi) is 3.84. The highest BCUT2D eigenvalue weighted by Gasteiger charge is 2.21. The molecule has 1 aromatic carbocycles. The molecule has 1 aliphatic heterocycles. The summed E-state index contributed by atoms with van der Waals surface area (Å²) in [6.45, 7) is 3.85. The average molecular weight is 251 g/mol. The summed E-state index contributed by atoms with van der Waals surface area (Å²) in [6.07, 6.45) is -0.169. The molecule has 0 amide bonds. The van der Waals surface area contributed by atoms with Crippen molar-refractivity contribution in [2.24, 2.45) is 0 Å². The van der Waals surface area contributed by atoms with Crippen LogP contribution in [0.4, 0.5) is 5.69 Å². The molecule has 0 spiro atoms. The molecule has 5 nitrogen and oxygen atoms in total. The Balaban J connectivity index is 2.20. The summed E-state index contributed by atoms with van der Waals surface area (Å²) in [5, 5.41) is 18.0. The number of nitrogens with zero attached hydrogens (tertiary/aromatic N) is 1. The number of aliphatic hydroxyl groups is 1. The molecule has 1 atom stereocenters. The molecular weight excluding hydrogens is 234 g/mol. The minimum atomic E-state index is -0.917. The first kappa shape index (κ1) is 12.9. The fourth-order valence-electron chi connectivity index (χ4n) is 2.19. The second-order valence-corrected chi connectivity index (χ2v) is 4.43. The van der Waals surface area contributed by atoms with E-state index in [0.717, 1.165) is 17.8 Å².